The monoisotopic (exact) mass is 295 g/mol. The third-order valence-corrected chi connectivity index (χ3v) is 4.72. The fraction of sp³-hybridized carbons (Fsp3) is 0.875. The second kappa shape index (κ2) is 7.36. The van der Waals surface area contributed by atoms with E-state index in [-0.39, 0.29) is 11.5 Å². The number of hydrogen-bond acceptors (Lipinski definition) is 5. The second-order valence-corrected chi connectivity index (χ2v) is 6.36. The van der Waals surface area contributed by atoms with Crippen LogP contribution in [-0.2, 0) is 10.2 Å². The Morgan fingerprint density at radius 3 is 2.67 bits per heavy atom. The zero-order chi connectivity index (χ0) is 15.3. The highest BCUT2D eigenvalue weighted by Crippen LogP contribution is 2.40. The zero-order valence-electron chi connectivity index (χ0n) is 13.6. The van der Waals surface area contributed by atoms with E-state index < -0.39 is 0 Å². The predicted octanol–water partition coefficient (Wildman–Crippen LogP) is 3.35. The summed E-state index contributed by atoms with van der Waals surface area (Å²) in [4.78, 5) is 4.66. The number of nitrogens with two attached hydrogens (primary N) is 1. The number of rotatable bonds is 7. The van der Waals surface area contributed by atoms with Gasteiger partial charge in [-0.1, -0.05) is 25.4 Å². The molecule has 21 heavy (non-hydrogen) atoms. The second-order valence-electron chi connectivity index (χ2n) is 6.36. The molecule has 0 saturated heterocycles. The maximum absolute atomic E-state index is 6.06. The van der Waals surface area contributed by atoms with Crippen LogP contribution in [0.25, 0.3) is 0 Å². The van der Waals surface area contributed by atoms with Gasteiger partial charge in [0, 0.05) is 13.2 Å². The summed E-state index contributed by atoms with van der Waals surface area (Å²) in [6.45, 7) is 7.67. The minimum atomic E-state index is -0.124. The molecule has 2 rings (SSSR count). The molecule has 1 aromatic heterocycles. The minimum Gasteiger partial charge on any atom is -0.370 e. The fourth-order valence-corrected chi connectivity index (χ4v) is 3.15. The topological polar surface area (TPSA) is 74.2 Å². The molecule has 1 heterocycles. The first kappa shape index (κ1) is 16.4. The van der Waals surface area contributed by atoms with Crippen molar-refractivity contribution in [3.63, 3.8) is 0 Å². The van der Waals surface area contributed by atoms with Crippen molar-refractivity contribution in [1.29, 1.82) is 0 Å². The molecule has 0 amide bonds. The Bertz CT molecular complexity index is 419. The molecule has 1 aromatic rings. The van der Waals surface area contributed by atoms with Gasteiger partial charge in [0.05, 0.1) is 5.41 Å². The van der Waals surface area contributed by atoms with Gasteiger partial charge in [-0.25, -0.2) is 0 Å². The zero-order valence-corrected chi connectivity index (χ0v) is 13.6. The van der Waals surface area contributed by atoms with E-state index in [1.54, 1.807) is 0 Å². The molecule has 1 unspecified atom stereocenters. The summed E-state index contributed by atoms with van der Waals surface area (Å²) in [5.74, 6) is 2.16. The largest absolute Gasteiger partial charge is 0.370 e. The van der Waals surface area contributed by atoms with E-state index in [4.69, 9.17) is 15.0 Å². The molecule has 0 bridgehead atoms. The molecule has 0 aromatic carbocycles. The number of ether oxygens (including phenoxy) is 1. The molecule has 1 aliphatic rings. The molecule has 0 aliphatic heterocycles. The summed E-state index contributed by atoms with van der Waals surface area (Å²) in [6, 6.07) is 0. The lowest BCUT2D eigenvalue weighted by Gasteiger charge is -2.35. The maximum Gasteiger partial charge on any atom is 0.234 e. The highest BCUT2D eigenvalue weighted by atomic mass is 16.5. The average Bonchev–Trinajstić information content (AvgIpc) is 2.99. The van der Waals surface area contributed by atoms with Gasteiger partial charge in [-0.15, -0.1) is 0 Å². The summed E-state index contributed by atoms with van der Waals surface area (Å²) in [7, 11) is 0. The predicted molar refractivity (Wildman–Crippen MR) is 81.9 cm³/mol. The Labute approximate surface area is 127 Å². The highest BCUT2D eigenvalue weighted by Gasteiger charge is 2.40. The highest BCUT2D eigenvalue weighted by molar-refractivity contribution is 5.09. The SMILES string of the molecule is CCCC(OCC)c1noc(C2(CN)CCC(C)CC2)n1. The van der Waals surface area contributed by atoms with Crippen LogP contribution < -0.4 is 5.73 Å². The van der Waals surface area contributed by atoms with Crippen molar-refractivity contribution in [2.45, 2.75) is 70.8 Å². The van der Waals surface area contributed by atoms with Gasteiger partial charge < -0.3 is 15.0 Å². The van der Waals surface area contributed by atoms with Gasteiger partial charge in [0.25, 0.3) is 0 Å². The molecule has 120 valence electrons. The van der Waals surface area contributed by atoms with E-state index in [0.717, 1.165) is 31.6 Å². The minimum absolute atomic E-state index is 0.0603. The molecular formula is C16H29N3O2. The first-order valence-corrected chi connectivity index (χ1v) is 8.31. The molecule has 1 aliphatic carbocycles. The number of hydrogen-bond donors (Lipinski definition) is 1. The molecule has 1 atom stereocenters. The van der Waals surface area contributed by atoms with E-state index in [0.29, 0.717) is 24.9 Å². The van der Waals surface area contributed by atoms with Crippen LogP contribution in [0.4, 0.5) is 0 Å². The van der Waals surface area contributed by atoms with Crippen molar-refractivity contribution in [2.75, 3.05) is 13.2 Å². The first-order chi connectivity index (χ1) is 10.1. The molecule has 5 nitrogen and oxygen atoms in total. The molecule has 1 saturated carbocycles. The fourth-order valence-electron chi connectivity index (χ4n) is 3.15. The summed E-state index contributed by atoms with van der Waals surface area (Å²) in [6.07, 6.45) is 6.33. The van der Waals surface area contributed by atoms with Crippen LogP contribution in [-0.4, -0.2) is 23.3 Å². The summed E-state index contributed by atoms with van der Waals surface area (Å²) < 4.78 is 11.3. The lowest BCUT2D eigenvalue weighted by Crippen LogP contribution is -2.39. The number of aromatic nitrogens is 2. The molecular weight excluding hydrogens is 266 g/mol. The van der Waals surface area contributed by atoms with Crippen molar-refractivity contribution < 1.29 is 9.26 Å². The first-order valence-electron chi connectivity index (χ1n) is 8.31. The van der Waals surface area contributed by atoms with Gasteiger partial charge in [0.1, 0.15) is 6.10 Å². The van der Waals surface area contributed by atoms with Crippen molar-refractivity contribution in [1.82, 2.24) is 10.1 Å². The molecule has 2 N–H and O–H groups in total. The van der Waals surface area contributed by atoms with Crippen molar-refractivity contribution in [3.05, 3.63) is 11.7 Å². The lowest BCUT2D eigenvalue weighted by molar-refractivity contribution is 0.0477. The van der Waals surface area contributed by atoms with Gasteiger partial charge in [-0.3, -0.25) is 0 Å². The van der Waals surface area contributed by atoms with Gasteiger partial charge in [-0.05, 0) is 44.9 Å². The third-order valence-electron chi connectivity index (χ3n) is 4.72. The smallest absolute Gasteiger partial charge is 0.234 e. The van der Waals surface area contributed by atoms with E-state index in [2.05, 4.69) is 24.0 Å². The molecule has 5 heteroatoms. The normalized spacial score (nSPS) is 27.7. The van der Waals surface area contributed by atoms with Crippen molar-refractivity contribution in [2.24, 2.45) is 11.7 Å². The van der Waals surface area contributed by atoms with E-state index in [1.165, 1.54) is 12.8 Å². The summed E-state index contributed by atoms with van der Waals surface area (Å²) >= 11 is 0. The van der Waals surface area contributed by atoms with Gasteiger partial charge >= 0.3 is 0 Å². The van der Waals surface area contributed by atoms with E-state index in [1.807, 2.05) is 6.92 Å². The van der Waals surface area contributed by atoms with Crippen LogP contribution in [0.15, 0.2) is 4.52 Å². The van der Waals surface area contributed by atoms with Crippen LogP contribution in [0.1, 0.15) is 77.1 Å². The van der Waals surface area contributed by atoms with Crippen LogP contribution in [0.2, 0.25) is 0 Å². The van der Waals surface area contributed by atoms with Gasteiger partial charge in [0.15, 0.2) is 0 Å². The molecule has 0 spiro atoms. The lowest BCUT2D eigenvalue weighted by atomic mass is 9.71. The van der Waals surface area contributed by atoms with Crippen LogP contribution in [0.5, 0.6) is 0 Å². The number of nitrogens with zero attached hydrogens (tertiary/aromatic N) is 2. The summed E-state index contributed by atoms with van der Waals surface area (Å²) in [5, 5.41) is 4.17. The summed E-state index contributed by atoms with van der Waals surface area (Å²) in [5.41, 5.74) is 5.94. The van der Waals surface area contributed by atoms with Gasteiger partial charge in [-0.2, -0.15) is 4.98 Å². The molecule has 0 radical (unpaired) electrons. The third kappa shape index (κ3) is 3.64. The quantitative estimate of drug-likeness (QED) is 0.835. The van der Waals surface area contributed by atoms with Crippen molar-refractivity contribution in [3.8, 4) is 0 Å². The standard InChI is InChI=1S/C16H29N3O2/c1-4-6-13(20-5-2)14-18-15(21-19-14)16(11-17)9-7-12(3)8-10-16/h12-13H,4-11,17H2,1-3H3. The Morgan fingerprint density at radius 1 is 1.38 bits per heavy atom. The molecule has 1 fully saturated rings. The van der Waals surface area contributed by atoms with Crippen LogP contribution in [0.3, 0.4) is 0 Å². The van der Waals surface area contributed by atoms with E-state index in [9.17, 15) is 0 Å². The maximum atomic E-state index is 6.06. The van der Waals surface area contributed by atoms with Crippen LogP contribution in [0, 0.1) is 5.92 Å². The Hall–Kier alpha value is -0.940. The Balaban J connectivity index is 2.16. The average molecular weight is 295 g/mol. The Morgan fingerprint density at radius 2 is 2.10 bits per heavy atom. The van der Waals surface area contributed by atoms with Gasteiger partial charge in [0.2, 0.25) is 11.7 Å². The Kier molecular flexibility index (Phi) is 5.76. The van der Waals surface area contributed by atoms with Crippen LogP contribution >= 0.6 is 0 Å². The van der Waals surface area contributed by atoms with Crippen molar-refractivity contribution >= 4 is 0 Å². The van der Waals surface area contributed by atoms with E-state index >= 15 is 0 Å².